The van der Waals surface area contributed by atoms with Crippen molar-refractivity contribution in [2.24, 2.45) is 5.73 Å². The Morgan fingerprint density at radius 3 is 2.12 bits per heavy atom. The van der Waals surface area contributed by atoms with Crippen LogP contribution in [0.15, 0.2) is 0 Å². The number of nitrogens with one attached hydrogen (secondary N) is 1. The average Bonchev–Trinajstić information content (AvgIpc) is 2.20. The summed E-state index contributed by atoms with van der Waals surface area (Å²) in [6.07, 6.45) is 6.69. The zero-order valence-corrected chi connectivity index (χ0v) is 10.2. The molecule has 1 saturated carbocycles. The van der Waals surface area contributed by atoms with Gasteiger partial charge in [-0.15, -0.1) is 0 Å². The number of amides is 1. The molecule has 4 N–H and O–H groups in total. The maximum absolute atomic E-state index is 11.4. The predicted octanol–water partition coefficient (Wildman–Crippen LogP) is 1.02. The van der Waals surface area contributed by atoms with Gasteiger partial charge in [0.25, 0.3) is 0 Å². The first kappa shape index (κ1) is 14.0. The van der Waals surface area contributed by atoms with Crippen molar-refractivity contribution in [3.63, 3.8) is 0 Å². The van der Waals surface area contributed by atoms with Crippen LogP contribution in [0, 0.1) is 0 Å². The van der Waals surface area contributed by atoms with Gasteiger partial charge >= 0.3 is 5.97 Å². The molecular formula is C12H22N2O3. The molecule has 5 nitrogen and oxygen atoms in total. The molecule has 1 rings (SSSR count). The second kappa shape index (κ2) is 6.59. The standard InChI is InChI=1S/C12H22N2O3/c13-10(15)6-9-14-12(11(16)17)7-4-2-1-3-5-8-12/h14H,1-9H2,(H2,13,15)(H,16,17). The van der Waals surface area contributed by atoms with E-state index in [2.05, 4.69) is 5.32 Å². The summed E-state index contributed by atoms with van der Waals surface area (Å²) in [5.74, 6) is -1.20. The van der Waals surface area contributed by atoms with Crippen molar-refractivity contribution < 1.29 is 14.7 Å². The van der Waals surface area contributed by atoms with Crippen LogP contribution in [-0.2, 0) is 9.59 Å². The number of hydrogen-bond donors (Lipinski definition) is 3. The van der Waals surface area contributed by atoms with Gasteiger partial charge in [-0.05, 0) is 12.8 Å². The highest BCUT2D eigenvalue weighted by Crippen LogP contribution is 2.26. The molecule has 0 radical (unpaired) electrons. The molecule has 5 heteroatoms. The molecule has 0 aromatic rings. The summed E-state index contributed by atoms with van der Waals surface area (Å²) in [5, 5.41) is 12.4. The Bertz CT molecular complexity index is 271. The van der Waals surface area contributed by atoms with Gasteiger partial charge in [0.15, 0.2) is 0 Å². The van der Waals surface area contributed by atoms with E-state index in [1.165, 1.54) is 6.42 Å². The van der Waals surface area contributed by atoms with Crippen molar-refractivity contribution in [2.45, 2.75) is 56.9 Å². The van der Waals surface area contributed by atoms with E-state index in [4.69, 9.17) is 5.73 Å². The first-order valence-corrected chi connectivity index (χ1v) is 6.33. The molecule has 17 heavy (non-hydrogen) atoms. The fraction of sp³-hybridized carbons (Fsp3) is 0.833. The number of primary amides is 1. The molecule has 0 heterocycles. The summed E-state index contributed by atoms with van der Waals surface area (Å²) in [4.78, 5) is 22.1. The van der Waals surface area contributed by atoms with Crippen LogP contribution in [0.25, 0.3) is 0 Å². The van der Waals surface area contributed by atoms with Crippen molar-refractivity contribution in [1.82, 2.24) is 5.32 Å². The minimum absolute atomic E-state index is 0.190. The summed E-state index contributed by atoms with van der Waals surface area (Å²) in [7, 11) is 0. The van der Waals surface area contributed by atoms with Crippen molar-refractivity contribution >= 4 is 11.9 Å². The Hall–Kier alpha value is -1.10. The Morgan fingerprint density at radius 1 is 1.12 bits per heavy atom. The molecule has 0 atom stereocenters. The zero-order chi connectivity index (χ0) is 12.7. The van der Waals surface area contributed by atoms with Crippen LogP contribution in [0.5, 0.6) is 0 Å². The van der Waals surface area contributed by atoms with Crippen molar-refractivity contribution in [3.05, 3.63) is 0 Å². The molecule has 1 aliphatic carbocycles. The third-order valence-corrected chi connectivity index (χ3v) is 3.45. The second-order valence-electron chi connectivity index (χ2n) is 4.80. The fourth-order valence-electron chi connectivity index (χ4n) is 2.40. The maximum Gasteiger partial charge on any atom is 0.323 e. The van der Waals surface area contributed by atoms with Gasteiger partial charge in [-0.3, -0.25) is 9.59 Å². The highest BCUT2D eigenvalue weighted by Gasteiger charge is 2.37. The molecule has 0 saturated heterocycles. The predicted molar refractivity (Wildman–Crippen MR) is 64.5 cm³/mol. The monoisotopic (exact) mass is 242 g/mol. The number of rotatable bonds is 5. The lowest BCUT2D eigenvalue weighted by molar-refractivity contribution is -0.146. The van der Waals surface area contributed by atoms with Crippen LogP contribution < -0.4 is 11.1 Å². The largest absolute Gasteiger partial charge is 0.480 e. The summed E-state index contributed by atoms with van der Waals surface area (Å²) >= 11 is 0. The number of aliphatic carboxylic acids is 1. The fourth-order valence-corrected chi connectivity index (χ4v) is 2.40. The smallest absolute Gasteiger partial charge is 0.323 e. The Labute approximate surface area is 102 Å². The summed E-state index contributed by atoms with van der Waals surface area (Å²) in [6, 6.07) is 0. The second-order valence-corrected chi connectivity index (χ2v) is 4.80. The number of nitrogens with two attached hydrogens (primary N) is 1. The van der Waals surface area contributed by atoms with Gasteiger partial charge in [-0.2, -0.15) is 0 Å². The molecule has 0 bridgehead atoms. The quantitative estimate of drug-likeness (QED) is 0.671. The summed E-state index contributed by atoms with van der Waals surface area (Å²) in [6.45, 7) is 0.349. The van der Waals surface area contributed by atoms with Gasteiger partial charge in [0, 0.05) is 13.0 Å². The molecule has 0 unspecified atom stereocenters. The number of hydrogen-bond acceptors (Lipinski definition) is 3. The van der Waals surface area contributed by atoms with Gasteiger partial charge in [-0.25, -0.2) is 0 Å². The van der Waals surface area contributed by atoms with Gasteiger partial charge in [0.2, 0.25) is 5.91 Å². The summed E-state index contributed by atoms with van der Waals surface area (Å²) < 4.78 is 0. The van der Waals surface area contributed by atoms with E-state index in [1.807, 2.05) is 0 Å². The molecule has 0 aromatic carbocycles. The molecule has 1 amide bonds. The van der Waals surface area contributed by atoms with Crippen LogP contribution in [0.4, 0.5) is 0 Å². The van der Waals surface area contributed by atoms with E-state index in [-0.39, 0.29) is 6.42 Å². The van der Waals surface area contributed by atoms with Crippen LogP contribution in [0.2, 0.25) is 0 Å². The highest BCUT2D eigenvalue weighted by atomic mass is 16.4. The van der Waals surface area contributed by atoms with Crippen molar-refractivity contribution in [2.75, 3.05) is 6.54 Å². The normalized spacial score (nSPS) is 20.2. The molecule has 1 aliphatic rings. The molecular weight excluding hydrogens is 220 g/mol. The van der Waals surface area contributed by atoms with Crippen LogP contribution in [0.3, 0.4) is 0 Å². The van der Waals surface area contributed by atoms with E-state index < -0.39 is 17.4 Å². The van der Waals surface area contributed by atoms with E-state index in [0.29, 0.717) is 19.4 Å². The first-order chi connectivity index (χ1) is 8.07. The van der Waals surface area contributed by atoms with E-state index in [1.54, 1.807) is 0 Å². The molecule has 1 fully saturated rings. The van der Waals surface area contributed by atoms with Crippen LogP contribution in [0.1, 0.15) is 51.4 Å². The van der Waals surface area contributed by atoms with E-state index >= 15 is 0 Å². The minimum Gasteiger partial charge on any atom is -0.480 e. The molecule has 0 aliphatic heterocycles. The summed E-state index contributed by atoms with van der Waals surface area (Å²) in [5.41, 5.74) is 4.21. The number of carbonyl (C=O) groups is 2. The van der Waals surface area contributed by atoms with E-state index in [0.717, 1.165) is 25.7 Å². The lowest BCUT2D eigenvalue weighted by Crippen LogP contribution is -2.53. The Kier molecular flexibility index (Phi) is 5.41. The van der Waals surface area contributed by atoms with Gasteiger partial charge in [0.05, 0.1) is 0 Å². The lowest BCUT2D eigenvalue weighted by Gasteiger charge is -2.32. The van der Waals surface area contributed by atoms with Crippen molar-refractivity contribution in [1.29, 1.82) is 0 Å². The van der Waals surface area contributed by atoms with Gasteiger partial charge in [-0.1, -0.05) is 32.1 Å². The van der Waals surface area contributed by atoms with E-state index in [9.17, 15) is 14.7 Å². The third kappa shape index (κ3) is 4.34. The van der Waals surface area contributed by atoms with Crippen LogP contribution >= 0.6 is 0 Å². The van der Waals surface area contributed by atoms with Gasteiger partial charge < -0.3 is 16.2 Å². The average molecular weight is 242 g/mol. The SMILES string of the molecule is NC(=O)CCNC1(C(=O)O)CCCCCCC1. The van der Waals surface area contributed by atoms with Gasteiger partial charge in [0.1, 0.15) is 5.54 Å². The Balaban J connectivity index is 2.58. The number of carboxylic acids is 1. The third-order valence-electron chi connectivity index (χ3n) is 3.45. The molecule has 0 aromatic heterocycles. The molecule has 98 valence electrons. The number of carboxylic acid groups (broad SMARTS) is 1. The molecule has 0 spiro atoms. The number of carbonyl (C=O) groups excluding carboxylic acids is 1. The Morgan fingerprint density at radius 2 is 1.65 bits per heavy atom. The lowest BCUT2D eigenvalue weighted by atomic mass is 9.84. The van der Waals surface area contributed by atoms with Crippen LogP contribution in [-0.4, -0.2) is 29.1 Å². The highest BCUT2D eigenvalue weighted by molar-refractivity contribution is 5.79. The zero-order valence-electron chi connectivity index (χ0n) is 10.2. The van der Waals surface area contributed by atoms with Crippen molar-refractivity contribution in [3.8, 4) is 0 Å². The minimum atomic E-state index is -0.851. The topological polar surface area (TPSA) is 92.4 Å². The first-order valence-electron chi connectivity index (χ1n) is 6.33. The maximum atomic E-state index is 11.4.